The fourth-order valence-electron chi connectivity index (χ4n) is 4.67. The number of fused-ring (bicyclic) bond motifs is 1. The Labute approximate surface area is 199 Å². The summed E-state index contributed by atoms with van der Waals surface area (Å²) in [5, 5.41) is 12.1. The number of hydrogen-bond acceptors (Lipinski definition) is 3. The topological polar surface area (TPSA) is 42.4 Å². The monoisotopic (exact) mass is 457 g/mol. The van der Waals surface area contributed by atoms with E-state index < -0.39 is 6.10 Å². The van der Waals surface area contributed by atoms with E-state index in [0.29, 0.717) is 5.02 Å². The van der Waals surface area contributed by atoms with Crippen molar-refractivity contribution in [3.05, 3.63) is 62.9 Å². The van der Waals surface area contributed by atoms with Crippen molar-refractivity contribution in [1.82, 2.24) is 4.98 Å². The van der Waals surface area contributed by atoms with Crippen LogP contribution in [0.3, 0.4) is 0 Å². The maximum Gasteiger partial charge on any atom is 0.106 e. The van der Waals surface area contributed by atoms with Crippen LogP contribution in [0.5, 0.6) is 0 Å². The molecule has 1 aliphatic rings. The van der Waals surface area contributed by atoms with Crippen molar-refractivity contribution in [2.45, 2.75) is 99.4 Å². The molecule has 1 N–H and O–H groups in total. The standard InChI is InChI=1S/C28H40ClNO2/c1-16(2)25-24(26(31)19-10-12-20(29)13-11-19)17(3)23-21(30-25)14-28(8,9)15-22(23)32-18(4)27(5,6)7/h10-13,16,18,22,26,31H,14-15H2,1-9H3. The highest BCUT2D eigenvalue weighted by Gasteiger charge is 2.39. The summed E-state index contributed by atoms with van der Waals surface area (Å²) in [5.41, 5.74) is 6.29. The van der Waals surface area contributed by atoms with Crippen LogP contribution in [0.25, 0.3) is 0 Å². The number of halogens is 1. The number of ether oxygens (including phenoxy) is 1. The summed E-state index contributed by atoms with van der Waals surface area (Å²) in [6.07, 6.45) is 1.18. The van der Waals surface area contributed by atoms with Crippen LogP contribution >= 0.6 is 11.6 Å². The lowest BCUT2D eigenvalue weighted by atomic mass is 9.72. The zero-order chi connectivity index (χ0) is 24.0. The molecule has 3 unspecified atom stereocenters. The first-order chi connectivity index (χ1) is 14.7. The van der Waals surface area contributed by atoms with Crippen LogP contribution in [0, 0.1) is 17.8 Å². The largest absolute Gasteiger partial charge is 0.384 e. The van der Waals surface area contributed by atoms with Crippen molar-refractivity contribution in [2.75, 3.05) is 0 Å². The Morgan fingerprint density at radius 2 is 1.72 bits per heavy atom. The quantitative estimate of drug-likeness (QED) is 0.499. The van der Waals surface area contributed by atoms with Gasteiger partial charge in [-0.1, -0.05) is 72.2 Å². The summed E-state index contributed by atoms with van der Waals surface area (Å²) in [6.45, 7) is 19.9. The fourth-order valence-corrected chi connectivity index (χ4v) is 4.80. The number of nitrogens with zero attached hydrogens (tertiary/aromatic N) is 1. The maximum absolute atomic E-state index is 11.5. The predicted octanol–water partition coefficient (Wildman–Crippen LogP) is 7.71. The normalized spacial score (nSPS) is 20.2. The zero-order valence-electron chi connectivity index (χ0n) is 21.2. The van der Waals surface area contributed by atoms with Gasteiger partial charge in [0, 0.05) is 27.5 Å². The second-order valence-electron chi connectivity index (χ2n) is 11.7. The van der Waals surface area contributed by atoms with Crippen molar-refractivity contribution in [3.63, 3.8) is 0 Å². The molecule has 2 aromatic rings. The Bertz CT molecular complexity index is 957. The van der Waals surface area contributed by atoms with Crippen LogP contribution in [0.1, 0.15) is 114 Å². The van der Waals surface area contributed by atoms with Gasteiger partial charge in [-0.3, -0.25) is 4.98 Å². The number of hydrogen-bond donors (Lipinski definition) is 1. The lowest BCUT2D eigenvalue weighted by Gasteiger charge is -2.41. The molecule has 0 saturated carbocycles. The van der Waals surface area contributed by atoms with Gasteiger partial charge in [-0.25, -0.2) is 0 Å². The second kappa shape index (κ2) is 9.08. The first-order valence-electron chi connectivity index (χ1n) is 11.8. The third kappa shape index (κ3) is 5.21. The number of pyridine rings is 1. The van der Waals surface area contributed by atoms with Crippen molar-refractivity contribution in [1.29, 1.82) is 0 Å². The molecule has 3 nitrogen and oxygen atoms in total. The minimum atomic E-state index is -0.752. The smallest absolute Gasteiger partial charge is 0.106 e. The molecule has 1 aromatic carbocycles. The molecular formula is C28H40ClNO2. The number of aromatic nitrogens is 1. The Hall–Kier alpha value is -1.42. The van der Waals surface area contributed by atoms with Crippen LogP contribution in [-0.4, -0.2) is 16.2 Å². The molecule has 0 spiro atoms. The molecule has 0 saturated heterocycles. The first kappa shape index (κ1) is 25.2. The SMILES string of the molecule is Cc1c2c(nc(C(C)C)c1C(O)c1ccc(Cl)cc1)CC(C)(C)CC2OC(C)C(C)(C)C. The van der Waals surface area contributed by atoms with Gasteiger partial charge in [-0.05, 0) is 66.7 Å². The summed E-state index contributed by atoms with van der Waals surface area (Å²) < 4.78 is 6.72. The van der Waals surface area contributed by atoms with Crippen LogP contribution in [0.4, 0.5) is 0 Å². The molecule has 1 aromatic heterocycles. The molecule has 1 aliphatic carbocycles. The molecule has 3 rings (SSSR count). The lowest BCUT2D eigenvalue weighted by molar-refractivity contribution is -0.0779. The van der Waals surface area contributed by atoms with Crippen molar-refractivity contribution in [3.8, 4) is 0 Å². The van der Waals surface area contributed by atoms with Crippen LogP contribution in [0.2, 0.25) is 5.02 Å². The van der Waals surface area contributed by atoms with E-state index in [0.717, 1.165) is 40.9 Å². The average Bonchev–Trinajstić information content (AvgIpc) is 2.65. The lowest BCUT2D eigenvalue weighted by Crippen LogP contribution is -2.34. The van der Waals surface area contributed by atoms with Crippen molar-refractivity contribution in [2.24, 2.45) is 10.8 Å². The van der Waals surface area contributed by atoms with Gasteiger partial charge in [-0.15, -0.1) is 0 Å². The number of benzene rings is 1. The van der Waals surface area contributed by atoms with E-state index in [1.54, 1.807) is 0 Å². The van der Waals surface area contributed by atoms with E-state index in [-0.39, 0.29) is 29.0 Å². The van der Waals surface area contributed by atoms with Crippen LogP contribution in [0.15, 0.2) is 24.3 Å². The van der Waals surface area contributed by atoms with Gasteiger partial charge in [0.2, 0.25) is 0 Å². The molecule has 0 radical (unpaired) electrons. The third-order valence-electron chi connectivity index (χ3n) is 6.95. The molecule has 1 heterocycles. The summed E-state index contributed by atoms with van der Waals surface area (Å²) in [5.74, 6) is 0.203. The Morgan fingerprint density at radius 1 is 1.12 bits per heavy atom. The highest BCUT2D eigenvalue weighted by Crippen LogP contribution is 2.47. The molecule has 4 heteroatoms. The van der Waals surface area contributed by atoms with E-state index in [9.17, 15) is 5.11 Å². The number of aliphatic hydroxyl groups is 1. The molecule has 3 atom stereocenters. The molecule has 0 amide bonds. The summed E-state index contributed by atoms with van der Waals surface area (Å²) in [6, 6.07) is 7.45. The Morgan fingerprint density at radius 3 is 2.25 bits per heavy atom. The Kier molecular flexibility index (Phi) is 7.15. The van der Waals surface area contributed by atoms with Crippen molar-refractivity contribution >= 4 is 11.6 Å². The second-order valence-corrected chi connectivity index (χ2v) is 12.1. The van der Waals surface area contributed by atoms with Gasteiger partial charge in [0.1, 0.15) is 6.10 Å². The van der Waals surface area contributed by atoms with Gasteiger partial charge in [-0.2, -0.15) is 0 Å². The molecule has 176 valence electrons. The van der Waals surface area contributed by atoms with Gasteiger partial charge < -0.3 is 9.84 Å². The van der Waals surface area contributed by atoms with Crippen molar-refractivity contribution < 1.29 is 9.84 Å². The summed E-state index contributed by atoms with van der Waals surface area (Å²) >= 11 is 6.09. The third-order valence-corrected chi connectivity index (χ3v) is 7.20. The minimum absolute atomic E-state index is 0.0344. The molecular weight excluding hydrogens is 418 g/mol. The number of rotatable bonds is 5. The fraction of sp³-hybridized carbons (Fsp3) is 0.607. The van der Waals surface area contributed by atoms with E-state index in [2.05, 4.69) is 62.3 Å². The highest BCUT2D eigenvalue weighted by molar-refractivity contribution is 6.30. The van der Waals surface area contributed by atoms with Gasteiger partial charge >= 0.3 is 0 Å². The Balaban J connectivity index is 2.18. The predicted molar refractivity (Wildman–Crippen MR) is 133 cm³/mol. The molecule has 0 bridgehead atoms. The minimum Gasteiger partial charge on any atom is -0.384 e. The molecule has 32 heavy (non-hydrogen) atoms. The van der Waals surface area contributed by atoms with E-state index in [1.807, 2.05) is 24.3 Å². The molecule has 0 aliphatic heterocycles. The molecule has 0 fully saturated rings. The zero-order valence-corrected chi connectivity index (χ0v) is 22.0. The van der Waals surface area contributed by atoms with Crippen LogP contribution < -0.4 is 0 Å². The van der Waals surface area contributed by atoms with Gasteiger partial charge in [0.05, 0.1) is 12.2 Å². The average molecular weight is 458 g/mol. The first-order valence-corrected chi connectivity index (χ1v) is 12.2. The van der Waals surface area contributed by atoms with Crippen LogP contribution in [-0.2, 0) is 11.2 Å². The van der Waals surface area contributed by atoms with Gasteiger partial charge in [0.15, 0.2) is 0 Å². The van der Waals surface area contributed by atoms with E-state index >= 15 is 0 Å². The highest BCUT2D eigenvalue weighted by atomic mass is 35.5. The summed E-state index contributed by atoms with van der Waals surface area (Å²) in [4.78, 5) is 5.19. The van der Waals surface area contributed by atoms with Gasteiger partial charge in [0.25, 0.3) is 0 Å². The van der Waals surface area contributed by atoms with E-state index in [4.69, 9.17) is 21.3 Å². The number of aliphatic hydroxyl groups excluding tert-OH is 1. The van der Waals surface area contributed by atoms with E-state index in [1.165, 1.54) is 5.56 Å². The summed E-state index contributed by atoms with van der Waals surface area (Å²) in [7, 11) is 0. The maximum atomic E-state index is 11.5.